The minimum atomic E-state index is -0.576. The predicted molar refractivity (Wildman–Crippen MR) is 98.3 cm³/mol. The van der Waals surface area contributed by atoms with Crippen molar-refractivity contribution in [2.45, 2.75) is 20.0 Å². The third kappa shape index (κ3) is 3.06. The Morgan fingerprint density at radius 2 is 2.08 bits per heavy atom. The van der Waals surface area contributed by atoms with Gasteiger partial charge >= 0.3 is 11.9 Å². The fourth-order valence-corrected chi connectivity index (χ4v) is 3.28. The van der Waals surface area contributed by atoms with Gasteiger partial charge in [-0.15, -0.1) is 16.4 Å². The summed E-state index contributed by atoms with van der Waals surface area (Å²) < 4.78 is 12.8. The molecule has 7 nitrogen and oxygen atoms in total. The van der Waals surface area contributed by atoms with Gasteiger partial charge in [0.1, 0.15) is 0 Å². The Kier molecular flexibility index (Phi) is 4.18. The van der Waals surface area contributed by atoms with Crippen LogP contribution >= 0.6 is 11.3 Å². The van der Waals surface area contributed by atoms with Gasteiger partial charge in [0.25, 0.3) is 0 Å². The molecule has 3 aromatic heterocycles. The Morgan fingerprint density at radius 3 is 2.77 bits per heavy atom. The van der Waals surface area contributed by atoms with Crippen molar-refractivity contribution in [3.63, 3.8) is 0 Å². The number of para-hydroxylation sites is 1. The van der Waals surface area contributed by atoms with E-state index in [-0.39, 0.29) is 0 Å². The quantitative estimate of drug-likeness (QED) is 0.566. The van der Waals surface area contributed by atoms with E-state index in [1.807, 2.05) is 42.6 Å². The fourth-order valence-electron chi connectivity index (χ4n) is 2.63. The van der Waals surface area contributed by atoms with Crippen LogP contribution in [0.25, 0.3) is 16.5 Å². The molecule has 1 atom stereocenters. The largest absolute Gasteiger partial charge is 0.438 e. The highest BCUT2D eigenvalue weighted by Crippen LogP contribution is 2.27. The van der Waals surface area contributed by atoms with E-state index >= 15 is 0 Å². The molecule has 0 spiro atoms. The van der Waals surface area contributed by atoms with Gasteiger partial charge in [0, 0.05) is 5.69 Å². The summed E-state index contributed by atoms with van der Waals surface area (Å²) in [6, 6.07) is 13.0. The van der Waals surface area contributed by atoms with Crippen molar-refractivity contribution in [1.29, 1.82) is 0 Å². The van der Waals surface area contributed by atoms with Gasteiger partial charge in [0.05, 0.1) is 10.6 Å². The average Bonchev–Trinajstić information content (AvgIpc) is 3.33. The molecule has 0 saturated heterocycles. The van der Waals surface area contributed by atoms with Crippen LogP contribution in [-0.4, -0.2) is 20.7 Å². The number of nitrogens with one attached hydrogen (secondary N) is 1. The number of anilines is 1. The molecular formula is C18H16N4O3S. The van der Waals surface area contributed by atoms with Crippen LogP contribution in [0.15, 0.2) is 52.3 Å². The van der Waals surface area contributed by atoms with E-state index in [4.69, 9.17) is 9.15 Å². The zero-order chi connectivity index (χ0) is 18.1. The van der Waals surface area contributed by atoms with E-state index in [1.54, 1.807) is 34.9 Å². The van der Waals surface area contributed by atoms with Gasteiger partial charge < -0.3 is 9.15 Å². The van der Waals surface area contributed by atoms with Crippen molar-refractivity contribution >= 4 is 29.0 Å². The molecule has 1 N–H and O–H groups in total. The van der Waals surface area contributed by atoms with Crippen molar-refractivity contribution in [2.75, 3.05) is 5.32 Å². The molecule has 4 aromatic rings. The first-order chi connectivity index (χ1) is 12.6. The molecular weight excluding hydrogens is 352 g/mol. The molecule has 132 valence electrons. The second kappa shape index (κ2) is 6.64. The molecule has 1 amide bonds. The lowest BCUT2D eigenvalue weighted by molar-refractivity contribution is 0.108. The number of ether oxygens (including phenoxy) is 1. The third-order valence-electron chi connectivity index (χ3n) is 3.87. The third-order valence-corrected chi connectivity index (χ3v) is 4.73. The number of carbonyl (C=O) groups excluding carboxylic acids is 1. The number of rotatable bonds is 4. The molecule has 0 aliphatic carbocycles. The summed E-state index contributed by atoms with van der Waals surface area (Å²) in [6.45, 7) is 3.60. The summed E-state index contributed by atoms with van der Waals surface area (Å²) in [6.07, 6.45) is -1.13. The molecule has 0 bridgehead atoms. The highest BCUT2D eigenvalue weighted by atomic mass is 32.1. The minimum absolute atomic E-state index is 0.375. The zero-order valence-corrected chi connectivity index (χ0v) is 15.0. The fraction of sp³-hybridized carbons (Fsp3) is 0.167. The highest BCUT2D eigenvalue weighted by Gasteiger charge is 2.23. The SMILES string of the molecule is Cc1c(C(C)OC(=O)Nc2ccccc2)oc2nc(-c3cccs3)nn12. The smallest absolute Gasteiger partial charge is 0.412 e. The number of fused-ring (bicyclic) bond motifs is 1. The normalized spacial score (nSPS) is 12.2. The standard InChI is InChI=1S/C18H16N4O3S/c1-11-15(12(2)24-18(23)19-13-7-4-3-5-8-13)25-17-20-16(21-22(11)17)14-9-6-10-26-14/h3-10,12H,1-2H3,(H,19,23). The molecule has 3 heterocycles. The summed E-state index contributed by atoms with van der Waals surface area (Å²) >= 11 is 1.56. The number of oxazole rings is 1. The van der Waals surface area contributed by atoms with E-state index in [1.165, 1.54) is 0 Å². The molecule has 1 aromatic carbocycles. The van der Waals surface area contributed by atoms with Gasteiger partial charge in [0.15, 0.2) is 17.7 Å². The van der Waals surface area contributed by atoms with Crippen LogP contribution in [0.2, 0.25) is 0 Å². The Balaban J connectivity index is 1.51. The van der Waals surface area contributed by atoms with Gasteiger partial charge in [-0.1, -0.05) is 24.3 Å². The lowest BCUT2D eigenvalue weighted by Crippen LogP contribution is -2.16. The summed E-state index contributed by atoms with van der Waals surface area (Å²) in [5, 5.41) is 9.12. The van der Waals surface area contributed by atoms with Crippen molar-refractivity contribution in [1.82, 2.24) is 14.6 Å². The molecule has 0 aliphatic rings. The predicted octanol–water partition coefficient (Wildman–Crippen LogP) is 4.67. The Hall–Kier alpha value is -3.13. The van der Waals surface area contributed by atoms with E-state index < -0.39 is 12.2 Å². The summed E-state index contributed by atoms with van der Waals surface area (Å²) in [4.78, 5) is 17.4. The van der Waals surface area contributed by atoms with Crippen LogP contribution in [0.3, 0.4) is 0 Å². The molecule has 0 fully saturated rings. The second-order valence-electron chi connectivity index (χ2n) is 5.70. The summed E-state index contributed by atoms with van der Waals surface area (Å²) in [5.41, 5.74) is 1.41. The van der Waals surface area contributed by atoms with Crippen LogP contribution in [-0.2, 0) is 4.74 Å². The second-order valence-corrected chi connectivity index (χ2v) is 6.65. The van der Waals surface area contributed by atoms with Crippen molar-refractivity contribution < 1.29 is 13.9 Å². The van der Waals surface area contributed by atoms with Gasteiger partial charge in [0.2, 0.25) is 0 Å². The number of thiophene rings is 1. The Morgan fingerprint density at radius 1 is 1.27 bits per heavy atom. The number of carbonyl (C=O) groups is 1. The number of hydrogen-bond acceptors (Lipinski definition) is 6. The van der Waals surface area contributed by atoms with Crippen LogP contribution in [0.1, 0.15) is 24.5 Å². The van der Waals surface area contributed by atoms with Gasteiger partial charge in [-0.2, -0.15) is 9.50 Å². The first-order valence-corrected chi connectivity index (χ1v) is 8.92. The summed E-state index contributed by atoms with van der Waals surface area (Å²) in [7, 11) is 0. The van der Waals surface area contributed by atoms with Crippen LogP contribution < -0.4 is 5.32 Å². The van der Waals surface area contributed by atoms with E-state index in [0.717, 1.165) is 10.6 Å². The first kappa shape index (κ1) is 16.3. The molecule has 4 rings (SSSR count). The number of aryl methyl sites for hydroxylation is 1. The van der Waals surface area contributed by atoms with Gasteiger partial charge in [-0.05, 0) is 37.4 Å². The number of hydrogen-bond donors (Lipinski definition) is 1. The van der Waals surface area contributed by atoms with Crippen molar-refractivity contribution in [3.8, 4) is 10.7 Å². The van der Waals surface area contributed by atoms with Gasteiger partial charge in [-0.25, -0.2) is 4.79 Å². The first-order valence-electron chi connectivity index (χ1n) is 8.04. The topological polar surface area (TPSA) is 81.7 Å². The molecule has 8 heteroatoms. The Labute approximate surface area is 153 Å². The number of amides is 1. The maximum Gasteiger partial charge on any atom is 0.412 e. The lowest BCUT2D eigenvalue weighted by atomic mass is 10.2. The number of aromatic nitrogens is 3. The van der Waals surface area contributed by atoms with E-state index in [2.05, 4.69) is 15.4 Å². The van der Waals surface area contributed by atoms with Crippen LogP contribution in [0.5, 0.6) is 0 Å². The molecule has 0 radical (unpaired) electrons. The zero-order valence-electron chi connectivity index (χ0n) is 14.2. The number of benzene rings is 1. The average molecular weight is 368 g/mol. The monoisotopic (exact) mass is 368 g/mol. The number of nitrogens with zero attached hydrogens (tertiary/aromatic N) is 3. The van der Waals surface area contributed by atoms with E-state index in [9.17, 15) is 4.79 Å². The molecule has 1 unspecified atom stereocenters. The summed E-state index contributed by atoms with van der Waals surface area (Å²) in [5.74, 6) is 1.50. The highest BCUT2D eigenvalue weighted by molar-refractivity contribution is 7.13. The molecule has 0 saturated carbocycles. The van der Waals surface area contributed by atoms with Crippen molar-refractivity contribution in [3.05, 3.63) is 59.3 Å². The molecule has 26 heavy (non-hydrogen) atoms. The van der Waals surface area contributed by atoms with Gasteiger partial charge in [-0.3, -0.25) is 5.32 Å². The van der Waals surface area contributed by atoms with Crippen molar-refractivity contribution in [2.24, 2.45) is 0 Å². The van der Waals surface area contributed by atoms with Crippen LogP contribution in [0.4, 0.5) is 10.5 Å². The maximum atomic E-state index is 12.1. The Bertz CT molecular complexity index is 1040. The maximum absolute atomic E-state index is 12.1. The van der Waals surface area contributed by atoms with Crippen LogP contribution in [0, 0.1) is 6.92 Å². The molecule has 0 aliphatic heterocycles. The minimum Gasteiger partial charge on any atom is -0.438 e. The van der Waals surface area contributed by atoms with E-state index in [0.29, 0.717) is 23.1 Å². The lowest BCUT2D eigenvalue weighted by Gasteiger charge is -2.12.